The van der Waals surface area contributed by atoms with Gasteiger partial charge in [0.1, 0.15) is 0 Å². The minimum atomic E-state index is 0. The zero-order chi connectivity index (χ0) is 18.5. The normalized spacial score (nSPS) is 12.3. The molecule has 1 amide bonds. The summed E-state index contributed by atoms with van der Waals surface area (Å²) in [6.07, 6.45) is 0. The highest BCUT2D eigenvalue weighted by molar-refractivity contribution is 14.0. The van der Waals surface area contributed by atoms with Gasteiger partial charge in [0.25, 0.3) is 0 Å². The number of carbonyl (C=O) groups excluding carboxylic acids is 1. The maximum absolute atomic E-state index is 11.5. The lowest BCUT2D eigenvalue weighted by Gasteiger charge is -2.16. The van der Waals surface area contributed by atoms with E-state index in [9.17, 15) is 4.79 Å². The van der Waals surface area contributed by atoms with Crippen molar-refractivity contribution in [2.24, 2.45) is 16.8 Å². The summed E-state index contributed by atoms with van der Waals surface area (Å²) in [5.74, 6) is 1.17. The predicted molar refractivity (Wildman–Crippen MR) is 118 cm³/mol. The van der Waals surface area contributed by atoms with Crippen molar-refractivity contribution in [3.63, 3.8) is 0 Å². The van der Waals surface area contributed by atoms with Crippen molar-refractivity contribution in [2.45, 2.75) is 27.4 Å². The third-order valence-corrected chi connectivity index (χ3v) is 3.60. The number of hydrogen-bond acceptors (Lipinski definition) is 3. The molecule has 0 aliphatic carbocycles. The molecule has 0 bridgehead atoms. The summed E-state index contributed by atoms with van der Waals surface area (Å²) in [7, 11) is 1.73. The van der Waals surface area contributed by atoms with Crippen LogP contribution in [0.1, 0.15) is 26.3 Å². The smallest absolute Gasteiger partial charge is 0.222 e. The highest BCUT2D eigenvalue weighted by Crippen LogP contribution is 2.02. The maximum atomic E-state index is 11.5. The van der Waals surface area contributed by atoms with E-state index in [2.05, 4.69) is 40.0 Å². The molecule has 1 unspecified atom stereocenters. The molecule has 1 aromatic carbocycles. The third-order valence-electron chi connectivity index (χ3n) is 3.60. The molecule has 3 N–H and O–H groups in total. The van der Waals surface area contributed by atoms with Gasteiger partial charge in [0.2, 0.25) is 5.91 Å². The first kappa shape index (κ1) is 24.7. The molecule has 0 aromatic heterocycles. The molecule has 0 spiro atoms. The van der Waals surface area contributed by atoms with E-state index < -0.39 is 0 Å². The predicted octanol–water partition coefficient (Wildman–Crippen LogP) is 2.39. The zero-order valence-corrected chi connectivity index (χ0v) is 18.6. The van der Waals surface area contributed by atoms with Crippen molar-refractivity contribution in [2.75, 3.05) is 33.3 Å². The number of hydrogen-bond donors (Lipinski definition) is 3. The summed E-state index contributed by atoms with van der Waals surface area (Å²) in [6, 6.07) is 10.2. The SMILES string of the molecule is CN=C(NCCNC(=O)C(C)C)NCC(C)COCc1ccccc1.I. The third kappa shape index (κ3) is 11.3. The van der Waals surface area contributed by atoms with Gasteiger partial charge in [0, 0.05) is 32.6 Å². The van der Waals surface area contributed by atoms with Crippen LogP contribution in [0.4, 0.5) is 0 Å². The first-order chi connectivity index (χ1) is 12.0. The molecule has 26 heavy (non-hydrogen) atoms. The fourth-order valence-electron chi connectivity index (χ4n) is 2.07. The Labute approximate surface area is 174 Å². The molecular weight excluding hydrogens is 443 g/mol. The van der Waals surface area contributed by atoms with Gasteiger partial charge in [-0.2, -0.15) is 0 Å². The van der Waals surface area contributed by atoms with E-state index in [1.807, 2.05) is 32.0 Å². The molecule has 1 atom stereocenters. The van der Waals surface area contributed by atoms with Gasteiger partial charge in [-0.05, 0) is 11.5 Å². The van der Waals surface area contributed by atoms with Gasteiger partial charge in [-0.1, -0.05) is 51.1 Å². The van der Waals surface area contributed by atoms with E-state index in [0.717, 1.165) is 12.5 Å². The van der Waals surface area contributed by atoms with Crippen LogP contribution in [0.5, 0.6) is 0 Å². The van der Waals surface area contributed by atoms with Crippen LogP contribution >= 0.6 is 24.0 Å². The summed E-state index contributed by atoms with van der Waals surface area (Å²) in [5.41, 5.74) is 1.18. The van der Waals surface area contributed by atoms with Crippen LogP contribution in [0, 0.1) is 11.8 Å². The van der Waals surface area contributed by atoms with Crippen LogP contribution < -0.4 is 16.0 Å². The van der Waals surface area contributed by atoms with E-state index in [1.165, 1.54) is 5.56 Å². The van der Waals surface area contributed by atoms with Crippen LogP contribution in [0.3, 0.4) is 0 Å². The number of halogens is 1. The van der Waals surface area contributed by atoms with Gasteiger partial charge in [0.15, 0.2) is 5.96 Å². The van der Waals surface area contributed by atoms with Crippen molar-refractivity contribution >= 4 is 35.8 Å². The quantitative estimate of drug-likeness (QED) is 0.210. The van der Waals surface area contributed by atoms with Crippen LogP contribution in [-0.4, -0.2) is 45.2 Å². The monoisotopic (exact) mass is 476 g/mol. The van der Waals surface area contributed by atoms with Crippen molar-refractivity contribution in [1.29, 1.82) is 0 Å². The minimum Gasteiger partial charge on any atom is -0.376 e. The average Bonchev–Trinajstić information content (AvgIpc) is 2.61. The number of rotatable bonds is 10. The van der Waals surface area contributed by atoms with Crippen molar-refractivity contribution < 1.29 is 9.53 Å². The Morgan fingerprint density at radius 3 is 2.35 bits per heavy atom. The topological polar surface area (TPSA) is 74.8 Å². The lowest BCUT2D eigenvalue weighted by Crippen LogP contribution is -2.43. The minimum absolute atomic E-state index is 0. The lowest BCUT2D eigenvalue weighted by molar-refractivity contribution is -0.123. The molecule has 0 fully saturated rings. The Bertz CT molecular complexity index is 524. The van der Waals surface area contributed by atoms with Gasteiger partial charge >= 0.3 is 0 Å². The van der Waals surface area contributed by atoms with Crippen LogP contribution in [0.2, 0.25) is 0 Å². The number of nitrogens with one attached hydrogen (secondary N) is 3. The van der Waals surface area contributed by atoms with E-state index in [1.54, 1.807) is 7.05 Å². The standard InChI is InChI=1S/C19H32N4O2.HI/c1-15(2)18(24)21-10-11-22-19(20-4)23-12-16(3)13-25-14-17-8-6-5-7-9-17;/h5-9,15-16H,10-14H2,1-4H3,(H,21,24)(H2,20,22,23);1H. The number of carbonyl (C=O) groups is 1. The molecule has 0 radical (unpaired) electrons. The Morgan fingerprint density at radius 2 is 1.73 bits per heavy atom. The summed E-state index contributed by atoms with van der Waals surface area (Å²) >= 11 is 0. The maximum Gasteiger partial charge on any atom is 0.222 e. The molecule has 148 valence electrons. The summed E-state index contributed by atoms with van der Waals surface area (Å²) in [6.45, 7) is 9.19. The van der Waals surface area contributed by atoms with Crippen LogP contribution in [0.15, 0.2) is 35.3 Å². The molecule has 1 rings (SSSR count). The molecule has 6 nitrogen and oxygen atoms in total. The summed E-state index contributed by atoms with van der Waals surface area (Å²) < 4.78 is 5.75. The molecular formula is C19H33IN4O2. The molecule has 0 heterocycles. The molecule has 7 heteroatoms. The second-order valence-corrected chi connectivity index (χ2v) is 6.43. The van der Waals surface area contributed by atoms with E-state index in [-0.39, 0.29) is 35.8 Å². The molecule has 0 saturated carbocycles. The Hall–Kier alpha value is -1.35. The highest BCUT2D eigenvalue weighted by atomic mass is 127. The van der Waals surface area contributed by atoms with Crippen LogP contribution in [-0.2, 0) is 16.1 Å². The highest BCUT2D eigenvalue weighted by Gasteiger charge is 2.06. The zero-order valence-electron chi connectivity index (χ0n) is 16.2. The van der Waals surface area contributed by atoms with Crippen LogP contribution in [0.25, 0.3) is 0 Å². The fourth-order valence-corrected chi connectivity index (χ4v) is 2.07. The molecule has 0 saturated heterocycles. The van der Waals surface area contributed by atoms with Crippen molar-refractivity contribution in [1.82, 2.24) is 16.0 Å². The molecule has 0 aliphatic rings. The Morgan fingerprint density at radius 1 is 1.08 bits per heavy atom. The number of nitrogens with zero attached hydrogens (tertiary/aromatic N) is 1. The number of ether oxygens (including phenoxy) is 1. The van der Waals surface area contributed by atoms with E-state index in [4.69, 9.17) is 4.74 Å². The molecule has 1 aromatic rings. The van der Waals surface area contributed by atoms with Crippen molar-refractivity contribution in [3.8, 4) is 0 Å². The van der Waals surface area contributed by atoms with Gasteiger partial charge in [-0.3, -0.25) is 9.79 Å². The van der Waals surface area contributed by atoms with Gasteiger partial charge in [-0.15, -0.1) is 24.0 Å². The largest absolute Gasteiger partial charge is 0.376 e. The number of guanidine groups is 1. The number of aliphatic imine (C=N–C) groups is 1. The average molecular weight is 476 g/mol. The summed E-state index contributed by atoms with van der Waals surface area (Å²) in [5, 5.41) is 9.32. The number of benzene rings is 1. The second-order valence-electron chi connectivity index (χ2n) is 6.43. The lowest BCUT2D eigenvalue weighted by atomic mass is 10.2. The van der Waals surface area contributed by atoms with Crippen molar-refractivity contribution in [3.05, 3.63) is 35.9 Å². The van der Waals surface area contributed by atoms with E-state index in [0.29, 0.717) is 32.2 Å². The van der Waals surface area contributed by atoms with Gasteiger partial charge in [-0.25, -0.2) is 0 Å². The molecule has 0 aliphatic heterocycles. The fraction of sp³-hybridized carbons (Fsp3) is 0.579. The summed E-state index contributed by atoms with van der Waals surface area (Å²) in [4.78, 5) is 15.7. The first-order valence-corrected chi connectivity index (χ1v) is 8.86. The Kier molecular flexibility index (Phi) is 14.0. The second kappa shape index (κ2) is 14.8. The van der Waals surface area contributed by atoms with Gasteiger partial charge < -0.3 is 20.7 Å². The van der Waals surface area contributed by atoms with Gasteiger partial charge in [0.05, 0.1) is 13.2 Å². The van der Waals surface area contributed by atoms with E-state index >= 15 is 0 Å². The first-order valence-electron chi connectivity index (χ1n) is 8.86. The Balaban J connectivity index is 0.00000625. The number of amides is 1.